The Morgan fingerprint density at radius 2 is 2.29 bits per heavy atom. The SMILES string of the molecule is COC(=O)C(O)c1cccc2c(Cl)nn(C)c12. The lowest BCUT2D eigenvalue weighted by molar-refractivity contribution is -0.150. The smallest absolute Gasteiger partial charge is 0.339 e. The lowest BCUT2D eigenvalue weighted by atomic mass is 10.1. The molecule has 2 rings (SSSR count). The van der Waals surface area contributed by atoms with E-state index in [1.807, 2.05) is 0 Å². The van der Waals surface area contributed by atoms with Crippen LogP contribution in [-0.4, -0.2) is 28.0 Å². The van der Waals surface area contributed by atoms with Crippen LogP contribution in [0.2, 0.25) is 5.15 Å². The van der Waals surface area contributed by atoms with Crippen molar-refractivity contribution in [1.82, 2.24) is 9.78 Å². The Kier molecular flexibility index (Phi) is 3.04. The standard InChI is InChI=1S/C11H11ClN2O3/c1-14-8-6(9(15)11(16)17-2)4-3-5-7(8)10(12)13-14/h3-5,9,15H,1-2H3. The number of carbonyl (C=O) groups is 1. The van der Waals surface area contributed by atoms with E-state index in [9.17, 15) is 9.90 Å². The summed E-state index contributed by atoms with van der Waals surface area (Å²) in [5, 5.41) is 14.9. The van der Waals surface area contributed by atoms with Gasteiger partial charge in [0.2, 0.25) is 0 Å². The third kappa shape index (κ3) is 1.87. The van der Waals surface area contributed by atoms with Crippen LogP contribution in [0.15, 0.2) is 18.2 Å². The summed E-state index contributed by atoms with van der Waals surface area (Å²) in [5.41, 5.74) is 1.05. The first-order chi connectivity index (χ1) is 8.06. The van der Waals surface area contributed by atoms with Crippen LogP contribution in [0.3, 0.4) is 0 Å². The number of halogens is 1. The maximum atomic E-state index is 11.3. The highest BCUT2D eigenvalue weighted by atomic mass is 35.5. The summed E-state index contributed by atoms with van der Waals surface area (Å²) in [6.07, 6.45) is -1.34. The number of aryl methyl sites for hydroxylation is 1. The molecule has 0 spiro atoms. The van der Waals surface area contributed by atoms with E-state index in [4.69, 9.17) is 11.6 Å². The quantitative estimate of drug-likeness (QED) is 0.824. The number of nitrogens with zero attached hydrogens (tertiary/aromatic N) is 2. The van der Waals surface area contributed by atoms with Gasteiger partial charge in [-0.2, -0.15) is 5.10 Å². The Morgan fingerprint density at radius 3 is 2.94 bits per heavy atom. The minimum Gasteiger partial charge on any atom is -0.467 e. The molecule has 1 heterocycles. The zero-order valence-corrected chi connectivity index (χ0v) is 10.1. The van der Waals surface area contributed by atoms with Crippen molar-refractivity contribution in [2.24, 2.45) is 7.05 Å². The average Bonchev–Trinajstić information content (AvgIpc) is 2.63. The van der Waals surface area contributed by atoms with E-state index < -0.39 is 12.1 Å². The van der Waals surface area contributed by atoms with Crippen LogP contribution in [0.4, 0.5) is 0 Å². The predicted octanol–water partition coefficient (Wildman–Crippen LogP) is 1.43. The first-order valence-electron chi connectivity index (χ1n) is 4.93. The molecule has 0 aliphatic carbocycles. The van der Waals surface area contributed by atoms with Crippen molar-refractivity contribution in [2.75, 3.05) is 7.11 Å². The third-order valence-corrected chi connectivity index (χ3v) is 2.85. The number of carbonyl (C=O) groups excluding carboxylic acids is 1. The number of benzene rings is 1. The molecule has 1 atom stereocenters. The van der Waals surface area contributed by atoms with Gasteiger partial charge in [-0.05, 0) is 6.07 Å². The molecular weight excluding hydrogens is 244 g/mol. The molecule has 0 amide bonds. The van der Waals surface area contributed by atoms with Gasteiger partial charge in [0.1, 0.15) is 0 Å². The fourth-order valence-corrected chi connectivity index (χ4v) is 2.05. The molecule has 2 aromatic rings. The molecule has 1 N–H and O–H groups in total. The zero-order valence-electron chi connectivity index (χ0n) is 9.35. The molecule has 0 aliphatic rings. The largest absolute Gasteiger partial charge is 0.467 e. The second kappa shape index (κ2) is 4.35. The van der Waals surface area contributed by atoms with Gasteiger partial charge in [0.05, 0.1) is 12.6 Å². The monoisotopic (exact) mass is 254 g/mol. The fourth-order valence-electron chi connectivity index (χ4n) is 1.78. The minimum atomic E-state index is -1.34. The Balaban J connectivity index is 2.66. The highest BCUT2D eigenvalue weighted by Crippen LogP contribution is 2.29. The number of hydrogen-bond donors (Lipinski definition) is 1. The van der Waals surface area contributed by atoms with Crippen molar-refractivity contribution in [3.8, 4) is 0 Å². The molecule has 5 nitrogen and oxygen atoms in total. The Morgan fingerprint density at radius 1 is 1.59 bits per heavy atom. The van der Waals surface area contributed by atoms with Gasteiger partial charge in [0.15, 0.2) is 11.3 Å². The highest BCUT2D eigenvalue weighted by molar-refractivity contribution is 6.34. The maximum absolute atomic E-state index is 11.3. The molecule has 6 heteroatoms. The summed E-state index contributed by atoms with van der Waals surface area (Å²) in [6.45, 7) is 0. The van der Waals surface area contributed by atoms with Crippen LogP contribution in [0.1, 0.15) is 11.7 Å². The van der Waals surface area contributed by atoms with E-state index in [1.54, 1.807) is 25.2 Å². The normalized spacial score (nSPS) is 12.7. The first kappa shape index (κ1) is 11.9. The van der Waals surface area contributed by atoms with Crippen LogP contribution in [0, 0.1) is 0 Å². The third-order valence-electron chi connectivity index (χ3n) is 2.57. The Bertz CT molecular complexity index is 579. The van der Waals surface area contributed by atoms with E-state index in [-0.39, 0.29) is 0 Å². The summed E-state index contributed by atoms with van der Waals surface area (Å²) in [6, 6.07) is 5.12. The molecular formula is C11H11ClN2O3. The summed E-state index contributed by atoms with van der Waals surface area (Å²) in [4.78, 5) is 11.3. The number of aliphatic hydroxyl groups excluding tert-OH is 1. The first-order valence-corrected chi connectivity index (χ1v) is 5.31. The van der Waals surface area contributed by atoms with E-state index in [2.05, 4.69) is 9.84 Å². The van der Waals surface area contributed by atoms with Crippen LogP contribution >= 0.6 is 11.6 Å². The fraction of sp³-hybridized carbons (Fsp3) is 0.273. The second-order valence-corrected chi connectivity index (χ2v) is 3.94. The van der Waals surface area contributed by atoms with Gasteiger partial charge < -0.3 is 9.84 Å². The van der Waals surface area contributed by atoms with Crippen LogP contribution in [0.25, 0.3) is 10.9 Å². The van der Waals surface area contributed by atoms with Gasteiger partial charge in [0, 0.05) is 18.0 Å². The number of fused-ring (bicyclic) bond motifs is 1. The summed E-state index contributed by atoms with van der Waals surface area (Å²) >= 11 is 5.94. The number of para-hydroxylation sites is 1. The van der Waals surface area contributed by atoms with E-state index in [0.717, 1.165) is 0 Å². The number of aliphatic hydroxyl groups is 1. The zero-order chi connectivity index (χ0) is 12.6. The number of ether oxygens (including phenoxy) is 1. The average molecular weight is 255 g/mol. The number of rotatable bonds is 2. The maximum Gasteiger partial charge on any atom is 0.339 e. The van der Waals surface area contributed by atoms with Gasteiger partial charge in [-0.3, -0.25) is 4.68 Å². The lowest BCUT2D eigenvalue weighted by Crippen LogP contribution is -2.14. The molecule has 0 saturated carbocycles. The van der Waals surface area contributed by atoms with Crippen molar-refractivity contribution in [1.29, 1.82) is 0 Å². The van der Waals surface area contributed by atoms with Gasteiger partial charge in [-0.15, -0.1) is 0 Å². The number of esters is 1. The minimum absolute atomic E-state index is 0.335. The summed E-state index contributed by atoms with van der Waals surface area (Å²) in [7, 11) is 2.92. The molecule has 0 aliphatic heterocycles. The summed E-state index contributed by atoms with van der Waals surface area (Å²) < 4.78 is 6.04. The van der Waals surface area contributed by atoms with Gasteiger partial charge in [0.25, 0.3) is 0 Å². The molecule has 90 valence electrons. The molecule has 0 bridgehead atoms. The molecule has 0 fully saturated rings. The van der Waals surface area contributed by atoms with Crippen LogP contribution < -0.4 is 0 Å². The number of aromatic nitrogens is 2. The van der Waals surface area contributed by atoms with Crippen molar-refractivity contribution in [2.45, 2.75) is 6.10 Å². The molecule has 1 aromatic heterocycles. The van der Waals surface area contributed by atoms with Crippen LogP contribution in [-0.2, 0) is 16.6 Å². The van der Waals surface area contributed by atoms with E-state index >= 15 is 0 Å². The van der Waals surface area contributed by atoms with Crippen molar-refractivity contribution in [3.63, 3.8) is 0 Å². The topological polar surface area (TPSA) is 64.3 Å². The predicted molar refractivity (Wildman–Crippen MR) is 62.7 cm³/mol. The van der Waals surface area contributed by atoms with Crippen molar-refractivity contribution < 1.29 is 14.6 Å². The highest BCUT2D eigenvalue weighted by Gasteiger charge is 2.22. The molecule has 17 heavy (non-hydrogen) atoms. The van der Waals surface area contributed by atoms with Crippen molar-refractivity contribution >= 4 is 28.5 Å². The molecule has 0 saturated heterocycles. The lowest BCUT2D eigenvalue weighted by Gasteiger charge is -2.10. The van der Waals surface area contributed by atoms with Crippen LogP contribution in [0.5, 0.6) is 0 Å². The van der Waals surface area contributed by atoms with E-state index in [0.29, 0.717) is 21.6 Å². The Labute approximate surface area is 103 Å². The molecule has 0 radical (unpaired) electrons. The van der Waals surface area contributed by atoms with Gasteiger partial charge >= 0.3 is 5.97 Å². The van der Waals surface area contributed by atoms with Crippen molar-refractivity contribution in [3.05, 3.63) is 28.9 Å². The second-order valence-electron chi connectivity index (χ2n) is 3.58. The Hall–Kier alpha value is -1.59. The van der Waals surface area contributed by atoms with Gasteiger partial charge in [-0.25, -0.2) is 4.79 Å². The van der Waals surface area contributed by atoms with Gasteiger partial charge in [-0.1, -0.05) is 23.7 Å². The molecule has 1 unspecified atom stereocenters. The molecule has 1 aromatic carbocycles. The number of hydrogen-bond acceptors (Lipinski definition) is 4. The number of methoxy groups -OCH3 is 1. The van der Waals surface area contributed by atoms with E-state index in [1.165, 1.54) is 11.8 Å². The summed E-state index contributed by atoms with van der Waals surface area (Å²) in [5.74, 6) is -0.713.